The molecule has 1 N–H and O–H groups in total. The minimum atomic E-state index is 0.715. The van der Waals surface area contributed by atoms with Crippen LogP contribution in [-0.4, -0.2) is 36.6 Å². The SMILES string of the molecule is CCCC(C)CN1CC(CCC)NCC1C. The Bertz CT molecular complexity index is 180. The minimum Gasteiger partial charge on any atom is -0.311 e. The first-order valence-electron chi connectivity index (χ1n) is 7.14. The van der Waals surface area contributed by atoms with Crippen LogP contribution < -0.4 is 5.32 Å². The van der Waals surface area contributed by atoms with E-state index in [1.807, 2.05) is 0 Å². The van der Waals surface area contributed by atoms with E-state index in [4.69, 9.17) is 0 Å². The van der Waals surface area contributed by atoms with Crippen LogP contribution in [0.3, 0.4) is 0 Å². The highest BCUT2D eigenvalue weighted by Crippen LogP contribution is 2.15. The molecule has 0 aromatic rings. The lowest BCUT2D eigenvalue weighted by Crippen LogP contribution is -2.56. The zero-order chi connectivity index (χ0) is 12.0. The van der Waals surface area contributed by atoms with E-state index in [-0.39, 0.29) is 0 Å². The van der Waals surface area contributed by atoms with Crippen LogP contribution in [0.15, 0.2) is 0 Å². The molecule has 0 amide bonds. The van der Waals surface area contributed by atoms with Gasteiger partial charge in [-0.25, -0.2) is 0 Å². The van der Waals surface area contributed by atoms with Crippen LogP contribution in [-0.2, 0) is 0 Å². The molecule has 3 unspecified atom stereocenters. The topological polar surface area (TPSA) is 15.3 Å². The summed E-state index contributed by atoms with van der Waals surface area (Å²) in [6.45, 7) is 13.0. The van der Waals surface area contributed by atoms with Crippen LogP contribution in [0.5, 0.6) is 0 Å². The van der Waals surface area contributed by atoms with Crippen molar-refractivity contribution >= 4 is 0 Å². The fraction of sp³-hybridized carbons (Fsp3) is 1.00. The van der Waals surface area contributed by atoms with E-state index >= 15 is 0 Å². The van der Waals surface area contributed by atoms with Crippen LogP contribution in [0.4, 0.5) is 0 Å². The molecule has 2 nitrogen and oxygen atoms in total. The first-order chi connectivity index (χ1) is 7.67. The van der Waals surface area contributed by atoms with Crippen molar-refractivity contribution in [1.82, 2.24) is 10.2 Å². The van der Waals surface area contributed by atoms with Gasteiger partial charge in [0, 0.05) is 31.7 Å². The van der Waals surface area contributed by atoms with Gasteiger partial charge in [-0.2, -0.15) is 0 Å². The summed E-state index contributed by atoms with van der Waals surface area (Å²) in [5.41, 5.74) is 0. The van der Waals surface area contributed by atoms with Crippen LogP contribution >= 0.6 is 0 Å². The Balaban J connectivity index is 2.36. The normalized spacial score (nSPS) is 29.2. The van der Waals surface area contributed by atoms with Crippen molar-refractivity contribution in [2.24, 2.45) is 5.92 Å². The van der Waals surface area contributed by atoms with E-state index in [1.54, 1.807) is 0 Å². The van der Waals surface area contributed by atoms with Crippen LogP contribution in [0.25, 0.3) is 0 Å². The smallest absolute Gasteiger partial charge is 0.0195 e. The summed E-state index contributed by atoms with van der Waals surface area (Å²) in [5.74, 6) is 0.854. The molecule has 0 aromatic heterocycles. The summed E-state index contributed by atoms with van der Waals surface area (Å²) in [4.78, 5) is 2.69. The molecule has 1 fully saturated rings. The molecule has 1 rings (SSSR count). The lowest BCUT2D eigenvalue weighted by Gasteiger charge is -2.40. The molecule has 0 aliphatic carbocycles. The van der Waals surface area contributed by atoms with Gasteiger partial charge in [-0.3, -0.25) is 4.90 Å². The van der Waals surface area contributed by atoms with Crippen LogP contribution in [0, 0.1) is 5.92 Å². The summed E-state index contributed by atoms with van der Waals surface area (Å²) in [7, 11) is 0. The number of nitrogens with zero attached hydrogens (tertiary/aromatic N) is 1. The molecule has 0 saturated carbocycles. The molecular weight excluding hydrogens is 196 g/mol. The van der Waals surface area contributed by atoms with Gasteiger partial charge in [-0.05, 0) is 25.7 Å². The van der Waals surface area contributed by atoms with Crippen molar-refractivity contribution in [2.75, 3.05) is 19.6 Å². The lowest BCUT2D eigenvalue weighted by atomic mass is 10.0. The molecule has 1 saturated heterocycles. The molecule has 0 bridgehead atoms. The fourth-order valence-electron chi connectivity index (χ4n) is 2.77. The number of rotatable bonds is 6. The Morgan fingerprint density at radius 1 is 1.31 bits per heavy atom. The molecule has 2 heteroatoms. The lowest BCUT2D eigenvalue weighted by molar-refractivity contribution is 0.117. The van der Waals surface area contributed by atoms with Crippen molar-refractivity contribution in [3.05, 3.63) is 0 Å². The molecule has 1 aliphatic rings. The minimum absolute atomic E-state index is 0.715. The second-order valence-electron chi connectivity index (χ2n) is 5.59. The van der Waals surface area contributed by atoms with Crippen molar-refractivity contribution in [1.29, 1.82) is 0 Å². The highest BCUT2D eigenvalue weighted by molar-refractivity contribution is 4.84. The van der Waals surface area contributed by atoms with Gasteiger partial charge in [0.25, 0.3) is 0 Å². The largest absolute Gasteiger partial charge is 0.311 e. The summed E-state index contributed by atoms with van der Waals surface area (Å²) >= 11 is 0. The van der Waals surface area contributed by atoms with Crippen molar-refractivity contribution in [3.63, 3.8) is 0 Å². The molecule has 1 aliphatic heterocycles. The van der Waals surface area contributed by atoms with Gasteiger partial charge < -0.3 is 5.32 Å². The number of hydrogen-bond donors (Lipinski definition) is 1. The maximum atomic E-state index is 3.66. The van der Waals surface area contributed by atoms with E-state index in [2.05, 4.69) is 37.9 Å². The number of nitrogens with one attached hydrogen (secondary N) is 1. The van der Waals surface area contributed by atoms with E-state index in [9.17, 15) is 0 Å². The first-order valence-corrected chi connectivity index (χ1v) is 7.14. The van der Waals surface area contributed by atoms with E-state index in [0.29, 0.717) is 6.04 Å². The van der Waals surface area contributed by atoms with Gasteiger partial charge in [0.15, 0.2) is 0 Å². The molecule has 3 atom stereocenters. The third-order valence-corrected chi connectivity index (χ3v) is 3.74. The number of piperazine rings is 1. The molecule has 1 heterocycles. The Labute approximate surface area is 102 Å². The second-order valence-corrected chi connectivity index (χ2v) is 5.59. The van der Waals surface area contributed by atoms with E-state index < -0.39 is 0 Å². The maximum absolute atomic E-state index is 3.66. The molecule has 0 spiro atoms. The van der Waals surface area contributed by atoms with Crippen molar-refractivity contribution < 1.29 is 0 Å². The monoisotopic (exact) mass is 226 g/mol. The third kappa shape index (κ3) is 4.42. The number of hydrogen-bond acceptors (Lipinski definition) is 2. The third-order valence-electron chi connectivity index (χ3n) is 3.74. The maximum Gasteiger partial charge on any atom is 0.0195 e. The van der Waals surface area contributed by atoms with E-state index in [0.717, 1.165) is 12.0 Å². The fourth-order valence-corrected chi connectivity index (χ4v) is 2.77. The van der Waals surface area contributed by atoms with Crippen LogP contribution in [0.1, 0.15) is 53.4 Å². The zero-order valence-electron chi connectivity index (χ0n) is 11.6. The van der Waals surface area contributed by atoms with Gasteiger partial charge in [0.1, 0.15) is 0 Å². The molecule has 16 heavy (non-hydrogen) atoms. The average Bonchev–Trinajstić information content (AvgIpc) is 2.24. The Hall–Kier alpha value is -0.0800. The average molecular weight is 226 g/mol. The van der Waals surface area contributed by atoms with Crippen molar-refractivity contribution in [3.8, 4) is 0 Å². The Kier molecular flexibility index (Phi) is 6.37. The zero-order valence-corrected chi connectivity index (χ0v) is 11.6. The van der Waals surface area contributed by atoms with Crippen LogP contribution in [0.2, 0.25) is 0 Å². The quantitative estimate of drug-likeness (QED) is 0.749. The predicted octanol–water partition coefficient (Wildman–Crippen LogP) is 2.89. The van der Waals surface area contributed by atoms with E-state index in [1.165, 1.54) is 45.3 Å². The first kappa shape index (κ1) is 14.0. The second kappa shape index (κ2) is 7.29. The van der Waals surface area contributed by atoms with Gasteiger partial charge in [0.05, 0.1) is 0 Å². The van der Waals surface area contributed by atoms with Crippen molar-refractivity contribution in [2.45, 2.75) is 65.5 Å². The standard InChI is InChI=1S/C14H30N2/c1-5-7-12(3)10-16-11-14(8-6-2)15-9-13(16)4/h12-15H,5-11H2,1-4H3. The summed E-state index contributed by atoms with van der Waals surface area (Å²) in [5, 5.41) is 3.66. The highest BCUT2D eigenvalue weighted by Gasteiger charge is 2.24. The highest BCUT2D eigenvalue weighted by atomic mass is 15.2. The summed E-state index contributed by atoms with van der Waals surface area (Å²) < 4.78 is 0. The predicted molar refractivity (Wildman–Crippen MR) is 71.8 cm³/mol. The van der Waals surface area contributed by atoms with Gasteiger partial charge in [-0.1, -0.05) is 33.6 Å². The molecule has 0 radical (unpaired) electrons. The van der Waals surface area contributed by atoms with Gasteiger partial charge in [0.2, 0.25) is 0 Å². The summed E-state index contributed by atoms with van der Waals surface area (Å²) in [6, 6.07) is 1.45. The molecule has 96 valence electrons. The van der Waals surface area contributed by atoms with Gasteiger partial charge in [-0.15, -0.1) is 0 Å². The molecule has 0 aromatic carbocycles. The Morgan fingerprint density at radius 2 is 2.06 bits per heavy atom. The Morgan fingerprint density at radius 3 is 2.69 bits per heavy atom. The van der Waals surface area contributed by atoms with Gasteiger partial charge >= 0.3 is 0 Å². The summed E-state index contributed by atoms with van der Waals surface area (Å²) in [6.07, 6.45) is 5.31. The molecular formula is C14H30N2.